The Morgan fingerprint density at radius 2 is 2.00 bits per heavy atom. The first kappa shape index (κ1) is 17.7. The second kappa shape index (κ2) is 8.31. The molecule has 1 aromatic carbocycles. The number of nitrogens with one attached hydrogen (secondary N) is 2. The number of anilines is 1. The number of carbonyl (C=O) groups is 3. The fourth-order valence-electron chi connectivity index (χ4n) is 1.86. The minimum atomic E-state index is -1.10. The van der Waals surface area contributed by atoms with Crippen molar-refractivity contribution >= 4 is 23.5 Å². The van der Waals surface area contributed by atoms with Crippen LogP contribution in [0.25, 0.3) is 0 Å². The van der Waals surface area contributed by atoms with Crippen molar-refractivity contribution in [1.82, 2.24) is 5.32 Å². The van der Waals surface area contributed by atoms with Gasteiger partial charge in [-0.25, -0.2) is 0 Å². The monoisotopic (exact) mass is 341 g/mol. The van der Waals surface area contributed by atoms with Crippen molar-refractivity contribution in [2.75, 3.05) is 11.9 Å². The molecule has 1 atom stereocenters. The van der Waals surface area contributed by atoms with Gasteiger partial charge in [0.15, 0.2) is 11.9 Å². The van der Waals surface area contributed by atoms with Crippen LogP contribution in [0, 0.1) is 11.3 Å². The third-order valence-corrected chi connectivity index (χ3v) is 3.12. The number of para-hydroxylation sites is 1. The quantitative estimate of drug-likeness (QED) is 0.767. The minimum absolute atomic E-state index is 0.0618. The first-order chi connectivity index (χ1) is 12.0. The first-order valence-corrected chi connectivity index (χ1v) is 7.32. The maximum Gasteiger partial charge on any atom is 0.326 e. The van der Waals surface area contributed by atoms with Gasteiger partial charge in [0.2, 0.25) is 0 Å². The largest absolute Gasteiger partial charge is 0.459 e. The third-order valence-electron chi connectivity index (χ3n) is 3.12. The van der Waals surface area contributed by atoms with Gasteiger partial charge in [-0.1, -0.05) is 12.1 Å². The molecule has 1 aromatic heterocycles. The van der Waals surface area contributed by atoms with Gasteiger partial charge in [0.05, 0.1) is 17.5 Å². The molecule has 2 amide bonds. The van der Waals surface area contributed by atoms with Crippen LogP contribution in [0.3, 0.4) is 0 Å². The summed E-state index contributed by atoms with van der Waals surface area (Å²) in [6.07, 6.45) is 0.235. The fourth-order valence-corrected chi connectivity index (χ4v) is 1.86. The van der Waals surface area contributed by atoms with Crippen molar-refractivity contribution < 1.29 is 23.5 Å². The van der Waals surface area contributed by atoms with E-state index in [0.29, 0.717) is 11.3 Å². The second-order valence-corrected chi connectivity index (χ2v) is 4.94. The Morgan fingerprint density at radius 1 is 1.24 bits per heavy atom. The zero-order valence-electron chi connectivity index (χ0n) is 13.3. The molecule has 0 aliphatic carbocycles. The molecule has 8 nitrogen and oxygen atoms in total. The van der Waals surface area contributed by atoms with Gasteiger partial charge in [-0.3, -0.25) is 14.4 Å². The average Bonchev–Trinajstić information content (AvgIpc) is 3.14. The van der Waals surface area contributed by atoms with Gasteiger partial charge in [0.1, 0.15) is 12.6 Å². The number of carbonyl (C=O) groups excluding carboxylic acids is 3. The highest BCUT2D eigenvalue weighted by Crippen LogP contribution is 2.14. The van der Waals surface area contributed by atoms with Crippen LogP contribution in [0.5, 0.6) is 0 Å². The van der Waals surface area contributed by atoms with Gasteiger partial charge in [-0.2, -0.15) is 5.26 Å². The lowest BCUT2D eigenvalue weighted by atomic mass is 10.2. The number of nitrogens with zero attached hydrogens (tertiary/aromatic N) is 1. The molecule has 0 bridgehead atoms. The predicted octanol–water partition coefficient (Wildman–Crippen LogP) is 1.45. The number of hydrogen-bond acceptors (Lipinski definition) is 6. The molecule has 8 heteroatoms. The van der Waals surface area contributed by atoms with Crippen molar-refractivity contribution in [1.29, 1.82) is 5.26 Å². The van der Waals surface area contributed by atoms with Crippen molar-refractivity contribution in [2.45, 2.75) is 13.0 Å². The summed E-state index contributed by atoms with van der Waals surface area (Å²) in [6, 6.07) is 11.4. The van der Waals surface area contributed by atoms with Crippen LogP contribution in [0.4, 0.5) is 5.69 Å². The molecule has 0 aliphatic heterocycles. The maximum absolute atomic E-state index is 12.0. The highest BCUT2D eigenvalue weighted by molar-refractivity contribution is 5.97. The Labute approximate surface area is 143 Å². The van der Waals surface area contributed by atoms with Crippen molar-refractivity contribution in [3.05, 3.63) is 54.0 Å². The summed E-state index contributed by atoms with van der Waals surface area (Å²) >= 11 is 0. The number of rotatable bonds is 6. The smallest absolute Gasteiger partial charge is 0.326 e. The second-order valence-electron chi connectivity index (χ2n) is 4.94. The molecule has 25 heavy (non-hydrogen) atoms. The van der Waals surface area contributed by atoms with E-state index in [2.05, 4.69) is 10.6 Å². The number of furan rings is 1. The van der Waals surface area contributed by atoms with E-state index in [9.17, 15) is 14.4 Å². The molecule has 2 N–H and O–H groups in total. The third kappa shape index (κ3) is 4.94. The van der Waals surface area contributed by atoms with E-state index in [1.165, 1.54) is 19.3 Å². The highest BCUT2D eigenvalue weighted by Gasteiger charge is 2.19. The first-order valence-electron chi connectivity index (χ1n) is 7.32. The summed E-state index contributed by atoms with van der Waals surface area (Å²) in [4.78, 5) is 35.4. The van der Waals surface area contributed by atoms with E-state index in [4.69, 9.17) is 14.4 Å². The lowest BCUT2D eigenvalue weighted by Gasteiger charge is -2.14. The molecule has 1 unspecified atom stereocenters. The Balaban J connectivity index is 1.83. The van der Waals surface area contributed by atoms with Crippen LogP contribution in [0.1, 0.15) is 23.0 Å². The predicted molar refractivity (Wildman–Crippen MR) is 86.4 cm³/mol. The van der Waals surface area contributed by atoms with E-state index in [1.807, 2.05) is 6.07 Å². The molecule has 0 fully saturated rings. The summed E-state index contributed by atoms with van der Waals surface area (Å²) in [5, 5.41) is 13.8. The molecule has 128 valence electrons. The van der Waals surface area contributed by atoms with Crippen molar-refractivity contribution in [3.63, 3.8) is 0 Å². The molecule has 0 saturated heterocycles. The van der Waals surface area contributed by atoms with E-state index in [1.54, 1.807) is 30.3 Å². The number of esters is 1. The molecule has 0 spiro atoms. The Hall–Kier alpha value is -3.60. The maximum atomic E-state index is 12.0. The zero-order valence-corrected chi connectivity index (χ0v) is 13.3. The van der Waals surface area contributed by atoms with E-state index >= 15 is 0 Å². The molecular weight excluding hydrogens is 326 g/mol. The minimum Gasteiger partial charge on any atom is -0.459 e. The van der Waals surface area contributed by atoms with Gasteiger partial charge in [0.25, 0.3) is 11.8 Å². The van der Waals surface area contributed by atoms with E-state index in [-0.39, 0.29) is 5.76 Å². The number of hydrogen-bond donors (Lipinski definition) is 2. The lowest BCUT2D eigenvalue weighted by Crippen LogP contribution is -2.35. The topological polar surface area (TPSA) is 121 Å². The lowest BCUT2D eigenvalue weighted by molar-refractivity contribution is -0.152. The van der Waals surface area contributed by atoms with Gasteiger partial charge < -0.3 is 19.8 Å². The molecule has 2 rings (SSSR count). The number of nitriles is 1. The number of benzene rings is 1. The molecule has 0 radical (unpaired) electrons. The molecule has 0 saturated carbocycles. The van der Waals surface area contributed by atoms with Crippen LogP contribution >= 0.6 is 0 Å². The molecule has 1 heterocycles. The summed E-state index contributed by atoms with van der Waals surface area (Å²) in [6.45, 7) is 0.975. The Bertz CT molecular complexity index is 808. The molecule has 2 aromatic rings. The SMILES string of the molecule is CC(OC(=O)CNC(=O)c1ccco1)C(=O)Nc1ccccc1C#N. The summed E-state index contributed by atoms with van der Waals surface area (Å²) in [5.74, 6) is -1.88. The zero-order chi connectivity index (χ0) is 18.2. The van der Waals surface area contributed by atoms with Crippen LogP contribution in [0.2, 0.25) is 0 Å². The van der Waals surface area contributed by atoms with Gasteiger partial charge >= 0.3 is 5.97 Å². The highest BCUT2D eigenvalue weighted by atomic mass is 16.5. The van der Waals surface area contributed by atoms with Gasteiger partial charge in [-0.05, 0) is 31.2 Å². The van der Waals surface area contributed by atoms with Crippen LogP contribution in [-0.2, 0) is 14.3 Å². The van der Waals surface area contributed by atoms with Crippen molar-refractivity contribution in [3.8, 4) is 6.07 Å². The van der Waals surface area contributed by atoms with E-state index in [0.717, 1.165) is 0 Å². The van der Waals surface area contributed by atoms with Crippen LogP contribution < -0.4 is 10.6 Å². The number of ether oxygens (including phenoxy) is 1. The van der Waals surface area contributed by atoms with Gasteiger partial charge in [0, 0.05) is 0 Å². The number of amides is 2. The molecular formula is C17H15N3O5. The fraction of sp³-hybridized carbons (Fsp3) is 0.176. The Kier molecular flexibility index (Phi) is 5.90. The molecule has 0 aliphatic rings. The standard InChI is InChI=1S/C17H15N3O5/c1-11(16(22)20-13-6-3-2-5-12(13)9-18)25-15(21)10-19-17(23)14-7-4-8-24-14/h2-8,11H,10H2,1H3,(H,19,23)(H,20,22). The van der Waals surface area contributed by atoms with E-state index < -0.39 is 30.4 Å². The summed E-state index contributed by atoms with van der Waals surface area (Å²) < 4.78 is 9.83. The summed E-state index contributed by atoms with van der Waals surface area (Å²) in [7, 11) is 0. The normalized spacial score (nSPS) is 11.0. The Morgan fingerprint density at radius 3 is 2.68 bits per heavy atom. The van der Waals surface area contributed by atoms with Crippen LogP contribution in [-0.4, -0.2) is 30.4 Å². The summed E-state index contributed by atoms with van der Waals surface area (Å²) in [5.41, 5.74) is 0.615. The van der Waals surface area contributed by atoms with Crippen LogP contribution in [0.15, 0.2) is 47.1 Å². The van der Waals surface area contributed by atoms with Gasteiger partial charge in [-0.15, -0.1) is 0 Å². The van der Waals surface area contributed by atoms with Crippen molar-refractivity contribution in [2.24, 2.45) is 0 Å². The average molecular weight is 341 g/mol.